The summed E-state index contributed by atoms with van der Waals surface area (Å²) in [4.78, 5) is 15.8. The van der Waals surface area contributed by atoms with Gasteiger partial charge in [-0.15, -0.1) is 0 Å². The molecule has 0 unspecified atom stereocenters. The second kappa shape index (κ2) is 8.72. The molecule has 0 saturated heterocycles. The summed E-state index contributed by atoms with van der Waals surface area (Å²) in [5.74, 6) is 6.80. The summed E-state index contributed by atoms with van der Waals surface area (Å²) in [5.41, 5.74) is 2.65. The Morgan fingerprint density at radius 1 is 1.20 bits per heavy atom. The van der Waals surface area contributed by atoms with E-state index in [4.69, 9.17) is 0 Å². The van der Waals surface area contributed by atoms with Crippen molar-refractivity contribution in [3.05, 3.63) is 42.0 Å². The quantitative estimate of drug-likeness (QED) is 0.609. The molecular formula is C23H30N6O. The highest BCUT2D eigenvalue weighted by atomic mass is 16.3. The van der Waals surface area contributed by atoms with E-state index < -0.39 is 5.60 Å². The van der Waals surface area contributed by atoms with Gasteiger partial charge in [0.25, 0.3) is 0 Å². The topological polar surface area (TPSA) is 79.1 Å². The van der Waals surface area contributed by atoms with Gasteiger partial charge in [-0.3, -0.25) is 0 Å². The number of anilines is 2. The number of fused-ring (bicyclic) bond motifs is 1. The summed E-state index contributed by atoms with van der Waals surface area (Å²) in [5, 5.41) is 13.6. The third-order valence-corrected chi connectivity index (χ3v) is 5.02. The average Bonchev–Trinajstić information content (AvgIpc) is 3.15. The number of benzene rings is 1. The highest BCUT2D eigenvalue weighted by Crippen LogP contribution is 2.23. The first-order valence-corrected chi connectivity index (χ1v) is 10.2. The van der Waals surface area contributed by atoms with Crippen molar-refractivity contribution in [1.82, 2.24) is 19.5 Å². The van der Waals surface area contributed by atoms with Crippen LogP contribution < -0.4 is 10.2 Å². The van der Waals surface area contributed by atoms with Crippen LogP contribution in [0, 0.1) is 11.8 Å². The van der Waals surface area contributed by atoms with E-state index in [1.165, 1.54) is 0 Å². The third-order valence-electron chi connectivity index (χ3n) is 5.02. The fourth-order valence-electron chi connectivity index (χ4n) is 2.85. The highest BCUT2D eigenvalue weighted by molar-refractivity contribution is 5.83. The van der Waals surface area contributed by atoms with Gasteiger partial charge in [-0.25, -0.2) is 15.0 Å². The first-order chi connectivity index (χ1) is 14.2. The molecule has 0 aliphatic carbocycles. The van der Waals surface area contributed by atoms with Crippen molar-refractivity contribution in [1.29, 1.82) is 0 Å². The maximum Gasteiger partial charge on any atom is 0.209 e. The van der Waals surface area contributed by atoms with Gasteiger partial charge in [-0.1, -0.05) is 25.0 Å². The molecule has 3 rings (SSSR count). The number of nitrogens with one attached hydrogen (secondary N) is 1. The molecule has 0 spiro atoms. The lowest BCUT2D eigenvalue weighted by atomic mass is 10.1. The first kappa shape index (κ1) is 21.6. The fourth-order valence-corrected chi connectivity index (χ4v) is 2.85. The van der Waals surface area contributed by atoms with E-state index in [2.05, 4.69) is 75.1 Å². The number of imidazole rings is 1. The van der Waals surface area contributed by atoms with Crippen molar-refractivity contribution in [3.63, 3.8) is 0 Å². The summed E-state index contributed by atoms with van der Waals surface area (Å²) in [6.45, 7) is 8.34. The summed E-state index contributed by atoms with van der Waals surface area (Å²) in [7, 11) is 4.04. The standard InChI is InChI=1S/C23H30N6O/c1-7-23(4,30)13-12-19-26-21(20-22(27-19)29(15-25-20)16(2)3)24-14-17-8-10-18(11-9-17)28(5)6/h8-11,15-16,30H,7,14H2,1-6H3,(H,24,26,27)/t23-/m1/s1. The lowest BCUT2D eigenvalue weighted by Gasteiger charge is -2.13. The molecule has 0 amide bonds. The smallest absolute Gasteiger partial charge is 0.209 e. The fraction of sp³-hybridized carbons (Fsp3) is 0.435. The molecule has 1 aromatic carbocycles. The molecule has 2 heterocycles. The summed E-state index contributed by atoms with van der Waals surface area (Å²) in [6.07, 6.45) is 2.31. The van der Waals surface area contributed by atoms with Crippen molar-refractivity contribution >= 4 is 22.7 Å². The van der Waals surface area contributed by atoms with Crippen LogP contribution in [0.25, 0.3) is 11.2 Å². The number of aliphatic hydroxyl groups is 1. The van der Waals surface area contributed by atoms with E-state index in [1.807, 2.05) is 25.6 Å². The van der Waals surface area contributed by atoms with Crippen molar-refractivity contribution in [2.75, 3.05) is 24.3 Å². The minimum absolute atomic E-state index is 0.205. The number of hydrogen-bond donors (Lipinski definition) is 2. The molecule has 2 N–H and O–H groups in total. The molecule has 0 aliphatic heterocycles. The minimum atomic E-state index is -1.07. The van der Waals surface area contributed by atoms with Crippen LogP contribution in [0.2, 0.25) is 0 Å². The van der Waals surface area contributed by atoms with Crippen LogP contribution in [-0.2, 0) is 6.54 Å². The Hall–Kier alpha value is -3.11. The normalized spacial score (nSPS) is 13.1. The Balaban J connectivity index is 1.95. The van der Waals surface area contributed by atoms with Crippen molar-refractivity contribution in [2.45, 2.75) is 52.3 Å². The Labute approximate surface area is 178 Å². The van der Waals surface area contributed by atoms with Crippen LogP contribution in [0.15, 0.2) is 30.6 Å². The maximum absolute atomic E-state index is 10.2. The zero-order chi connectivity index (χ0) is 21.9. The second-order valence-corrected chi connectivity index (χ2v) is 8.11. The Morgan fingerprint density at radius 3 is 2.50 bits per heavy atom. The number of rotatable bonds is 6. The van der Waals surface area contributed by atoms with Crippen LogP contribution in [0.5, 0.6) is 0 Å². The van der Waals surface area contributed by atoms with Crippen LogP contribution in [0.4, 0.5) is 11.5 Å². The van der Waals surface area contributed by atoms with Gasteiger partial charge < -0.3 is 19.9 Å². The molecule has 30 heavy (non-hydrogen) atoms. The monoisotopic (exact) mass is 406 g/mol. The molecule has 0 aliphatic rings. The molecule has 2 aromatic heterocycles. The Kier molecular flexibility index (Phi) is 6.28. The van der Waals surface area contributed by atoms with Gasteiger partial charge in [0.2, 0.25) is 5.82 Å². The third kappa shape index (κ3) is 4.89. The molecule has 0 bridgehead atoms. The zero-order valence-electron chi connectivity index (χ0n) is 18.6. The summed E-state index contributed by atoms with van der Waals surface area (Å²) >= 11 is 0. The Morgan fingerprint density at radius 2 is 1.90 bits per heavy atom. The van der Waals surface area contributed by atoms with E-state index in [0.717, 1.165) is 16.9 Å². The van der Waals surface area contributed by atoms with Gasteiger partial charge in [-0.2, -0.15) is 0 Å². The van der Waals surface area contributed by atoms with Gasteiger partial charge in [-0.05, 0) is 50.8 Å². The molecule has 7 heteroatoms. The number of nitrogens with zero attached hydrogens (tertiary/aromatic N) is 5. The lowest BCUT2D eigenvalue weighted by molar-refractivity contribution is 0.118. The molecule has 0 radical (unpaired) electrons. The van der Waals surface area contributed by atoms with Gasteiger partial charge in [0.05, 0.1) is 6.33 Å². The van der Waals surface area contributed by atoms with E-state index in [9.17, 15) is 5.11 Å². The van der Waals surface area contributed by atoms with E-state index in [-0.39, 0.29) is 6.04 Å². The van der Waals surface area contributed by atoms with Crippen molar-refractivity contribution in [2.24, 2.45) is 0 Å². The van der Waals surface area contributed by atoms with Gasteiger partial charge >= 0.3 is 0 Å². The lowest BCUT2D eigenvalue weighted by Crippen LogP contribution is -2.19. The molecule has 7 nitrogen and oxygen atoms in total. The molecule has 3 aromatic rings. The van der Waals surface area contributed by atoms with Gasteiger partial charge in [0.15, 0.2) is 17.0 Å². The van der Waals surface area contributed by atoms with E-state index in [0.29, 0.717) is 30.1 Å². The van der Waals surface area contributed by atoms with Crippen molar-refractivity contribution < 1.29 is 5.11 Å². The van der Waals surface area contributed by atoms with Crippen LogP contribution in [-0.4, -0.2) is 44.3 Å². The first-order valence-electron chi connectivity index (χ1n) is 10.2. The molecule has 1 atom stereocenters. The average molecular weight is 407 g/mol. The van der Waals surface area contributed by atoms with Gasteiger partial charge in [0.1, 0.15) is 5.60 Å². The van der Waals surface area contributed by atoms with Gasteiger partial charge in [0, 0.05) is 32.4 Å². The van der Waals surface area contributed by atoms with Crippen LogP contribution >= 0.6 is 0 Å². The maximum atomic E-state index is 10.2. The molecule has 158 valence electrons. The SMILES string of the molecule is CC[C@@](C)(O)C#Cc1nc(NCc2ccc(N(C)C)cc2)c2ncn(C(C)C)c2n1. The highest BCUT2D eigenvalue weighted by Gasteiger charge is 2.16. The minimum Gasteiger partial charge on any atom is -0.378 e. The predicted molar refractivity (Wildman–Crippen MR) is 122 cm³/mol. The van der Waals surface area contributed by atoms with Crippen LogP contribution in [0.3, 0.4) is 0 Å². The summed E-state index contributed by atoms with van der Waals surface area (Å²) < 4.78 is 2.00. The van der Waals surface area contributed by atoms with Crippen LogP contribution in [0.1, 0.15) is 51.5 Å². The van der Waals surface area contributed by atoms with Crippen molar-refractivity contribution in [3.8, 4) is 11.8 Å². The molecule has 0 saturated carbocycles. The number of hydrogen-bond acceptors (Lipinski definition) is 6. The number of aromatic nitrogens is 4. The Bertz CT molecular complexity index is 1070. The second-order valence-electron chi connectivity index (χ2n) is 8.11. The van der Waals surface area contributed by atoms with E-state index >= 15 is 0 Å². The zero-order valence-corrected chi connectivity index (χ0v) is 18.6. The molecule has 0 fully saturated rings. The predicted octanol–water partition coefficient (Wildman–Crippen LogP) is 3.60. The van der Waals surface area contributed by atoms with E-state index in [1.54, 1.807) is 13.3 Å². The summed E-state index contributed by atoms with van der Waals surface area (Å²) in [6, 6.07) is 8.56. The largest absolute Gasteiger partial charge is 0.378 e. The molecular weight excluding hydrogens is 376 g/mol.